The molecule has 5 rings (SSSR count). The number of rotatable bonds is 4. The molecule has 1 N–H and O–H groups in total. The second kappa shape index (κ2) is 8.23. The molecule has 0 spiro atoms. The Morgan fingerprint density at radius 1 is 1.16 bits per heavy atom. The second-order valence-electron chi connectivity index (χ2n) is 7.98. The maximum absolute atomic E-state index is 14.7. The molecule has 2 aromatic carbocycles. The Bertz CT molecular complexity index is 1160. The van der Waals surface area contributed by atoms with Crippen molar-refractivity contribution in [2.75, 3.05) is 16.8 Å². The first-order valence-corrected chi connectivity index (χ1v) is 11.3. The van der Waals surface area contributed by atoms with E-state index in [0.717, 1.165) is 28.1 Å². The lowest BCUT2D eigenvalue weighted by Gasteiger charge is -2.26. The number of amides is 2. The monoisotopic (exact) mass is 435 g/mol. The van der Waals surface area contributed by atoms with Crippen LogP contribution in [0.25, 0.3) is 10.2 Å². The minimum atomic E-state index is -0.501. The number of nitrogens with zero attached hydrogens (tertiary/aromatic N) is 2. The maximum Gasteiger partial charge on any atom is 0.228 e. The van der Waals surface area contributed by atoms with Gasteiger partial charge in [-0.05, 0) is 49.6 Å². The zero-order valence-electron chi connectivity index (χ0n) is 16.9. The summed E-state index contributed by atoms with van der Waals surface area (Å²) in [7, 11) is 0. The van der Waals surface area contributed by atoms with Gasteiger partial charge in [0.1, 0.15) is 5.82 Å². The zero-order chi connectivity index (χ0) is 21.4. The van der Waals surface area contributed by atoms with Crippen molar-refractivity contribution < 1.29 is 14.0 Å². The standard InChI is InChI=1S/C24H22FN3O2S/c25-18-14-15(11-12-20(18)28-13-5-10-22(28)29)26-23(30)16-6-1-2-7-17(16)24-27-19-8-3-4-9-21(19)31-24/h1-4,8-9,11-12,14,16-17H,5-7,10,13H2,(H,26,30). The van der Waals surface area contributed by atoms with Gasteiger partial charge in [-0.2, -0.15) is 0 Å². The molecule has 1 aromatic heterocycles. The van der Waals surface area contributed by atoms with Crippen LogP contribution in [0.15, 0.2) is 54.6 Å². The van der Waals surface area contributed by atoms with E-state index >= 15 is 0 Å². The fraction of sp³-hybridized carbons (Fsp3) is 0.292. The number of aromatic nitrogens is 1. The fourth-order valence-electron chi connectivity index (χ4n) is 4.37. The van der Waals surface area contributed by atoms with Crippen molar-refractivity contribution in [2.24, 2.45) is 5.92 Å². The van der Waals surface area contributed by atoms with Crippen LogP contribution < -0.4 is 10.2 Å². The van der Waals surface area contributed by atoms with Gasteiger partial charge in [0.2, 0.25) is 11.8 Å². The summed E-state index contributed by atoms with van der Waals surface area (Å²) in [5.74, 6) is -0.983. The number of thiazole rings is 1. The minimum Gasteiger partial charge on any atom is -0.326 e. The molecule has 2 unspecified atom stereocenters. The summed E-state index contributed by atoms with van der Waals surface area (Å²) in [5, 5.41) is 3.83. The van der Waals surface area contributed by atoms with Crippen molar-refractivity contribution >= 4 is 44.7 Å². The molecule has 1 aliphatic heterocycles. The third-order valence-corrected chi connectivity index (χ3v) is 7.14. The third kappa shape index (κ3) is 3.85. The molecule has 2 atom stereocenters. The number of nitrogens with one attached hydrogen (secondary N) is 1. The van der Waals surface area contributed by atoms with Gasteiger partial charge in [-0.15, -0.1) is 11.3 Å². The van der Waals surface area contributed by atoms with E-state index in [9.17, 15) is 14.0 Å². The van der Waals surface area contributed by atoms with E-state index in [1.54, 1.807) is 23.5 Å². The summed E-state index contributed by atoms with van der Waals surface area (Å²) < 4.78 is 15.8. The van der Waals surface area contributed by atoms with Gasteiger partial charge in [-0.25, -0.2) is 9.37 Å². The van der Waals surface area contributed by atoms with E-state index in [-0.39, 0.29) is 29.3 Å². The first kappa shape index (κ1) is 19.9. The number of hydrogen-bond donors (Lipinski definition) is 1. The second-order valence-corrected chi connectivity index (χ2v) is 9.04. The molecule has 0 saturated carbocycles. The van der Waals surface area contributed by atoms with Gasteiger partial charge < -0.3 is 10.2 Å². The number of anilines is 2. The minimum absolute atomic E-state index is 0.00579. The Labute approximate surface area is 183 Å². The van der Waals surface area contributed by atoms with E-state index < -0.39 is 5.82 Å². The van der Waals surface area contributed by atoms with Gasteiger partial charge in [-0.1, -0.05) is 24.3 Å². The van der Waals surface area contributed by atoms with Crippen molar-refractivity contribution in [3.63, 3.8) is 0 Å². The number of carbonyl (C=O) groups is 2. The van der Waals surface area contributed by atoms with Gasteiger partial charge in [-0.3, -0.25) is 9.59 Å². The molecule has 2 amide bonds. The largest absolute Gasteiger partial charge is 0.326 e. The summed E-state index contributed by atoms with van der Waals surface area (Å²) >= 11 is 1.63. The van der Waals surface area contributed by atoms with Gasteiger partial charge in [0, 0.05) is 24.6 Å². The third-order valence-electron chi connectivity index (χ3n) is 5.98. The molecule has 0 radical (unpaired) electrons. The summed E-state index contributed by atoms with van der Waals surface area (Å²) in [6.45, 7) is 0.527. The molecule has 1 fully saturated rings. The van der Waals surface area contributed by atoms with Crippen LogP contribution in [0.4, 0.5) is 15.8 Å². The Balaban J connectivity index is 1.35. The molecule has 2 aliphatic rings. The molecule has 3 aromatic rings. The summed E-state index contributed by atoms with van der Waals surface area (Å²) in [5.41, 5.74) is 1.62. The summed E-state index contributed by atoms with van der Waals surface area (Å²) in [6, 6.07) is 12.5. The van der Waals surface area contributed by atoms with E-state index in [1.807, 2.05) is 30.3 Å². The Kier molecular flexibility index (Phi) is 5.28. The van der Waals surface area contributed by atoms with E-state index in [0.29, 0.717) is 25.1 Å². The molecule has 1 aliphatic carbocycles. The molecule has 158 valence electrons. The van der Waals surface area contributed by atoms with Crippen molar-refractivity contribution in [3.05, 3.63) is 65.4 Å². The highest BCUT2D eigenvalue weighted by molar-refractivity contribution is 7.18. The highest BCUT2D eigenvalue weighted by Gasteiger charge is 2.32. The van der Waals surface area contributed by atoms with Gasteiger partial charge in [0.05, 0.1) is 26.8 Å². The summed E-state index contributed by atoms with van der Waals surface area (Å²) in [6.07, 6.45) is 6.68. The van der Waals surface area contributed by atoms with Crippen LogP contribution in [0, 0.1) is 11.7 Å². The maximum atomic E-state index is 14.7. The fourth-order valence-corrected chi connectivity index (χ4v) is 5.51. The molecule has 31 heavy (non-hydrogen) atoms. The number of benzene rings is 2. The Morgan fingerprint density at radius 2 is 2.00 bits per heavy atom. The molecule has 0 bridgehead atoms. The van der Waals surface area contributed by atoms with Gasteiger partial charge in [0.25, 0.3) is 0 Å². The van der Waals surface area contributed by atoms with Crippen LogP contribution in [-0.4, -0.2) is 23.3 Å². The molecular formula is C24H22FN3O2S. The van der Waals surface area contributed by atoms with Crippen LogP contribution in [0.1, 0.15) is 36.6 Å². The highest BCUT2D eigenvalue weighted by atomic mass is 32.1. The predicted octanol–water partition coefficient (Wildman–Crippen LogP) is 5.25. The Morgan fingerprint density at radius 3 is 2.77 bits per heavy atom. The van der Waals surface area contributed by atoms with Crippen LogP contribution in [-0.2, 0) is 9.59 Å². The van der Waals surface area contributed by atoms with Gasteiger partial charge >= 0.3 is 0 Å². The zero-order valence-corrected chi connectivity index (χ0v) is 17.7. The SMILES string of the molecule is O=C(Nc1ccc(N2CCCC2=O)c(F)c1)C1CC=CCC1c1nc2ccccc2s1. The van der Waals surface area contributed by atoms with E-state index in [2.05, 4.69) is 11.4 Å². The smallest absolute Gasteiger partial charge is 0.228 e. The lowest BCUT2D eigenvalue weighted by atomic mass is 9.82. The predicted molar refractivity (Wildman–Crippen MR) is 121 cm³/mol. The number of fused-ring (bicyclic) bond motifs is 1. The number of hydrogen-bond acceptors (Lipinski definition) is 4. The molecule has 7 heteroatoms. The normalized spacial score (nSPS) is 21.1. The first-order valence-electron chi connectivity index (χ1n) is 10.5. The number of allylic oxidation sites excluding steroid dienone is 2. The highest BCUT2D eigenvalue weighted by Crippen LogP contribution is 2.39. The molecule has 1 saturated heterocycles. The average Bonchev–Trinajstić information content (AvgIpc) is 3.40. The average molecular weight is 436 g/mol. The van der Waals surface area contributed by atoms with Crippen molar-refractivity contribution in [2.45, 2.75) is 31.6 Å². The topological polar surface area (TPSA) is 62.3 Å². The Hall–Kier alpha value is -3.06. The van der Waals surface area contributed by atoms with Crippen LogP contribution >= 0.6 is 11.3 Å². The summed E-state index contributed by atoms with van der Waals surface area (Å²) in [4.78, 5) is 31.3. The molecule has 2 heterocycles. The molecular weight excluding hydrogens is 413 g/mol. The number of halogens is 1. The number of carbonyl (C=O) groups excluding carboxylic acids is 2. The van der Waals surface area contributed by atoms with Crippen molar-refractivity contribution in [1.29, 1.82) is 0 Å². The lowest BCUT2D eigenvalue weighted by Crippen LogP contribution is -2.29. The van der Waals surface area contributed by atoms with E-state index in [4.69, 9.17) is 4.98 Å². The van der Waals surface area contributed by atoms with Crippen molar-refractivity contribution in [3.8, 4) is 0 Å². The van der Waals surface area contributed by atoms with Crippen molar-refractivity contribution in [1.82, 2.24) is 4.98 Å². The molecule has 5 nitrogen and oxygen atoms in total. The van der Waals surface area contributed by atoms with Gasteiger partial charge in [0.15, 0.2) is 0 Å². The quantitative estimate of drug-likeness (QED) is 0.569. The van der Waals surface area contributed by atoms with Crippen LogP contribution in [0.2, 0.25) is 0 Å². The van der Waals surface area contributed by atoms with Crippen LogP contribution in [0.3, 0.4) is 0 Å². The van der Waals surface area contributed by atoms with E-state index in [1.165, 1.54) is 11.0 Å². The first-order chi connectivity index (χ1) is 15.1. The number of para-hydroxylation sites is 1. The lowest BCUT2D eigenvalue weighted by molar-refractivity contribution is -0.120. The van der Waals surface area contributed by atoms with Crippen LogP contribution in [0.5, 0.6) is 0 Å².